The highest BCUT2D eigenvalue weighted by Gasteiger charge is 2.20. The highest BCUT2D eigenvalue weighted by Crippen LogP contribution is 2.26. The summed E-state index contributed by atoms with van der Waals surface area (Å²) in [4.78, 5) is 11.3. The maximum absolute atomic E-state index is 11.3. The van der Waals surface area contributed by atoms with Crippen LogP contribution >= 0.6 is 0 Å². The average molecular weight is 267 g/mol. The molecule has 19 heavy (non-hydrogen) atoms. The van der Waals surface area contributed by atoms with Gasteiger partial charge in [0, 0.05) is 11.3 Å². The zero-order valence-electron chi connectivity index (χ0n) is 10.2. The number of nitrogens with two attached hydrogens (primary N) is 1. The van der Waals surface area contributed by atoms with Gasteiger partial charge in [0.15, 0.2) is 0 Å². The fraction of sp³-hybridized carbons (Fsp3) is 0.333. The van der Waals surface area contributed by atoms with E-state index in [1.54, 1.807) is 24.3 Å². The van der Waals surface area contributed by atoms with Gasteiger partial charge in [0.2, 0.25) is 0 Å². The van der Waals surface area contributed by atoms with E-state index in [9.17, 15) is 15.0 Å². The van der Waals surface area contributed by atoms with Gasteiger partial charge < -0.3 is 26.5 Å². The lowest BCUT2D eigenvalue weighted by atomic mass is 10.0. The second-order valence-corrected chi connectivity index (χ2v) is 3.91. The van der Waals surface area contributed by atoms with E-state index in [-0.39, 0.29) is 13.0 Å². The van der Waals surface area contributed by atoms with E-state index < -0.39 is 18.1 Å². The van der Waals surface area contributed by atoms with Crippen LogP contribution in [0.3, 0.4) is 0 Å². The molecule has 7 nitrogen and oxygen atoms in total. The quantitative estimate of drug-likeness (QED) is 0.278. The largest absolute Gasteiger partial charge is 0.411 e. The molecule has 0 spiro atoms. The Bertz CT molecular complexity index is 450. The molecule has 0 fully saturated rings. The van der Waals surface area contributed by atoms with E-state index >= 15 is 0 Å². The molecule has 0 aliphatic rings. The number of carbonyl (C=O) groups excluding carboxylic acids is 1. The van der Waals surface area contributed by atoms with Crippen LogP contribution < -0.4 is 11.1 Å². The van der Waals surface area contributed by atoms with Crippen molar-refractivity contribution in [3.63, 3.8) is 0 Å². The molecule has 1 rings (SSSR count). The first-order valence-corrected chi connectivity index (χ1v) is 5.73. The molecule has 2 atom stereocenters. The van der Waals surface area contributed by atoms with E-state index in [1.165, 1.54) is 0 Å². The minimum absolute atomic E-state index is 0.238. The minimum Gasteiger partial charge on any atom is -0.411 e. The van der Waals surface area contributed by atoms with Crippen molar-refractivity contribution in [2.45, 2.75) is 18.6 Å². The molecular weight excluding hydrogens is 250 g/mol. The van der Waals surface area contributed by atoms with Crippen LogP contribution in [0, 0.1) is 0 Å². The van der Waals surface area contributed by atoms with Gasteiger partial charge in [0.25, 0.3) is 5.91 Å². The standard InChI is InChI=1S/C12H17N3O4/c13-6-5-10(16)12(18)8-3-1-2-4-9(8)15-11(17)7-14-19/h1-4,7,10,12,16,18-19H,5-6,13H2,(H,15,17). The van der Waals surface area contributed by atoms with E-state index in [4.69, 9.17) is 10.9 Å². The summed E-state index contributed by atoms with van der Waals surface area (Å²) in [5.74, 6) is -0.643. The van der Waals surface area contributed by atoms with Crippen molar-refractivity contribution in [1.29, 1.82) is 0 Å². The second-order valence-electron chi connectivity index (χ2n) is 3.91. The maximum atomic E-state index is 11.3. The van der Waals surface area contributed by atoms with Crippen LogP contribution in [0.2, 0.25) is 0 Å². The molecule has 0 aliphatic heterocycles. The predicted molar refractivity (Wildman–Crippen MR) is 70.0 cm³/mol. The lowest BCUT2D eigenvalue weighted by Gasteiger charge is -2.20. The summed E-state index contributed by atoms with van der Waals surface area (Å²) in [6.45, 7) is 0.240. The summed E-state index contributed by atoms with van der Waals surface area (Å²) in [6.07, 6.45) is -1.25. The van der Waals surface area contributed by atoms with Crippen molar-refractivity contribution in [3.05, 3.63) is 29.8 Å². The normalized spacial score (nSPS) is 14.3. The molecule has 0 heterocycles. The van der Waals surface area contributed by atoms with Crippen molar-refractivity contribution in [2.75, 3.05) is 11.9 Å². The molecule has 0 aromatic heterocycles. The fourth-order valence-corrected chi connectivity index (χ4v) is 1.62. The van der Waals surface area contributed by atoms with Crippen LogP contribution in [0.25, 0.3) is 0 Å². The Hall–Kier alpha value is -1.96. The van der Waals surface area contributed by atoms with Gasteiger partial charge in [-0.3, -0.25) is 4.79 Å². The summed E-state index contributed by atoms with van der Waals surface area (Å²) in [6, 6.07) is 6.48. The number of oxime groups is 1. The van der Waals surface area contributed by atoms with Crippen molar-refractivity contribution in [1.82, 2.24) is 0 Å². The van der Waals surface area contributed by atoms with Crippen molar-refractivity contribution >= 4 is 17.8 Å². The SMILES string of the molecule is NCCC(O)C(O)c1ccccc1NC(=O)C=NO. The van der Waals surface area contributed by atoms with Crippen LogP contribution in [0.4, 0.5) is 5.69 Å². The lowest BCUT2D eigenvalue weighted by molar-refractivity contribution is -0.110. The molecule has 0 saturated heterocycles. The smallest absolute Gasteiger partial charge is 0.270 e. The monoisotopic (exact) mass is 267 g/mol. The van der Waals surface area contributed by atoms with Crippen molar-refractivity contribution in [3.8, 4) is 0 Å². The molecule has 0 saturated carbocycles. The molecular formula is C12H17N3O4. The first-order chi connectivity index (χ1) is 9.10. The number of amides is 1. The third-order valence-electron chi connectivity index (χ3n) is 2.54. The van der Waals surface area contributed by atoms with Crippen LogP contribution in [-0.2, 0) is 4.79 Å². The van der Waals surface area contributed by atoms with Gasteiger partial charge in [0.05, 0.1) is 6.10 Å². The summed E-state index contributed by atoms with van der Waals surface area (Å²) in [5, 5.41) is 33.0. The summed E-state index contributed by atoms with van der Waals surface area (Å²) in [5.41, 5.74) is 6.01. The number of carbonyl (C=O) groups is 1. The van der Waals surface area contributed by atoms with Gasteiger partial charge in [-0.2, -0.15) is 0 Å². The van der Waals surface area contributed by atoms with Crippen LogP contribution in [0.15, 0.2) is 29.4 Å². The average Bonchev–Trinajstić information content (AvgIpc) is 2.39. The molecule has 1 amide bonds. The van der Waals surface area contributed by atoms with Gasteiger partial charge in [-0.15, -0.1) is 0 Å². The number of hydrogen-bond acceptors (Lipinski definition) is 6. The lowest BCUT2D eigenvalue weighted by Crippen LogP contribution is -2.23. The topological polar surface area (TPSA) is 128 Å². The number of rotatable bonds is 6. The molecule has 0 aliphatic carbocycles. The molecule has 1 aromatic carbocycles. The van der Waals surface area contributed by atoms with Gasteiger partial charge >= 0.3 is 0 Å². The molecule has 2 unspecified atom stereocenters. The summed E-state index contributed by atoms with van der Waals surface area (Å²) < 4.78 is 0. The Morgan fingerprint density at radius 2 is 2.11 bits per heavy atom. The van der Waals surface area contributed by atoms with E-state index in [0.29, 0.717) is 17.5 Å². The molecule has 7 heteroatoms. The van der Waals surface area contributed by atoms with Gasteiger partial charge in [-0.05, 0) is 19.0 Å². The van der Waals surface area contributed by atoms with Gasteiger partial charge in [0.1, 0.15) is 12.3 Å². The number of hydrogen-bond donors (Lipinski definition) is 5. The predicted octanol–water partition coefficient (Wildman–Crippen LogP) is -0.172. The molecule has 1 aromatic rings. The van der Waals surface area contributed by atoms with Crippen LogP contribution in [0.1, 0.15) is 18.1 Å². The Labute approximate surface area is 110 Å². The first-order valence-electron chi connectivity index (χ1n) is 5.73. The third-order valence-corrected chi connectivity index (χ3v) is 2.54. The van der Waals surface area contributed by atoms with Crippen molar-refractivity contribution in [2.24, 2.45) is 10.9 Å². The molecule has 0 radical (unpaired) electrons. The Kier molecular flexibility index (Phi) is 5.94. The maximum Gasteiger partial charge on any atom is 0.270 e. The Balaban J connectivity index is 2.91. The van der Waals surface area contributed by atoms with E-state index in [1.807, 2.05) is 0 Å². The zero-order valence-corrected chi connectivity index (χ0v) is 10.2. The minimum atomic E-state index is -1.16. The van der Waals surface area contributed by atoms with Crippen LogP contribution in [-0.4, -0.2) is 40.2 Å². The zero-order chi connectivity index (χ0) is 14.3. The molecule has 0 bridgehead atoms. The molecule has 104 valence electrons. The van der Waals surface area contributed by atoms with Crippen molar-refractivity contribution < 1.29 is 20.2 Å². The second kappa shape index (κ2) is 7.47. The number of anilines is 1. The highest BCUT2D eigenvalue weighted by atomic mass is 16.4. The summed E-state index contributed by atoms with van der Waals surface area (Å²) in [7, 11) is 0. The van der Waals surface area contributed by atoms with E-state index in [2.05, 4.69) is 10.5 Å². The summed E-state index contributed by atoms with van der Waals surface area (Å²) >= 11 is 0. The first kappa shape index (κ1) is 15.1. The van der Waals surface area contributed by atoms with E-state index in [0.717, 1.165) is 0 Å². The number of nitrogens with zero attached hydrogens (tertiary/aromatic N) is 1. The highest BCUT2D eigenvalue weighted by molar-refractivity contribution is 6.31. The number of nitrogens with one attached hydrogen (secondary N) is 1. The number of benzene rings is 1. The Morgan fingerprint density at radius 3 is 2.74 bits per heavy atom. The fourth-order valence-electron chi connectivity index (χ4n) is 1.62. The number of aliphatic hydroxyl groups is 2. The van der Waals surface area contributed by atoms with Gasteiger partial charge in [-0.25, -0.2) is 0 Å². The third kappa shape index (κ3) is 4.32. The number of para-hydroxylation sites is 1. The number of aliphatic hydroxyl groups excluding tert-OH is 2. The Morgan fingerprint density at radius 1 is 1.42 bits per heavy atom. The molecule has 6 N–H and O–H groups in total. The van der Waals surface area contributed by atoms with Gasteiger partial charge in [-0.1, -0.05) is 23.4 Å². The van der Waals surface area contributed by atoms with Crippen LogP contribution in [0.5, 0.6) is 0 Å².